The van der Waals surface area contributed by atoms with Gasteiger partial charge in [0.25, 0.3) is 0 Å². The highest BCUT2D eigenvalue weighted by molar-refractivity contribution is 5.72. The van der Waals surface area contributed by atoms with Gasteiger partial charge in [0.2, 0.25) is 0 Å². The van der Waals surface area contributed by atoms with E-state index in [1.165, 1.54) is 0 Å². The minimum Gasteiger partial charge on any atom is -0.487 e. The van der Waals surface area contributed by atoms with Crippen LogP contribution in [-0.4, -0.2) is 47.4 Å². The molecular formula is C16H21NO4. The predicted molar refractivity (Wildman–Crippen MR) is 77.5 cm³/mol. The molecule has 5 heteroatoms. The van der Waals surface area contributed by atoms with Crippen LogP contribution in [0.25, 0.3) is 0 Å². The van der Waals surface area contributed by atoms with Gasteiger partial charge in [0.05, 0.1) is 6.61 Å². The van der Waals surface area contributed by atoms with Crippen LogP contribution in [0.5, 0.6) is 5.75 Å². The van der Waals surface area contributed by atoms with Crippen LogP contribution in [0.1, 0.15) is 31.9 Å². The van der Waals surface area contributed by atoms with Gasteiger partial charge in [-0.05, 0) is 19.9 Å². The predicted octanol–water partition coefficient (Wildman–Crippen LogP) is 2.07. The quantitative estimate of drug-likeness (QED) is 0.904. The molecule has 2 heterocycles. The van der Waals surface area contributed by atoms with E-state index in [2.05, 4.69) is 24.8 Å². The fourth-order valence-corrected chi connectivity index (χ4v) is 3.19. The first-order valence-electron chi connectivity index (χ1n) is 7.33. The third kappa shape index (κ3) is 2.89. The van der Waals surface area contributed by atoms with Crippen molar-refractivity contribution in [3.05, 3.63) is 29.8 Å². The topological polar surface area (TPSA) is 59.0 Å². The van der Waals surface area contributed by atoms with Crippen LogP contribution in [0.3, 0.4) is 0 Å². The fourth-order valence-electron chi connectivity index (χ4n) is 3.19. The molecule has 114 valence electrons. The number of carboxylic acid groups (broad SMARTS) is 1. The van der Waals surface area contributed by atoms with Crippen molar-refractivity contribution in [3.63, 3.8) is 0 Å². The van der Waals surface area contributed by atoms with E-state index < -0.39 is 12.1 Å². The number of hydrogen-bond donors (Lipinski definition) is 1. The van der Waals surface area contributed by atoms with Gasteiger partial charge in [-0.3, -0.25) is 4.90 Å². The number of carbonyl (C=O) groups is 1. The summed E-state index contributed by atoms with van der Waals surface area (Å²) in [6.45, 7) is 5.77. The number of carboxylic acids is 1. The summed E-state index contributed by atoms with van der Waals surface area (Å²) in [4.78, 5) is 13.4. The normalized spacial score (nSPS) is 28.5. The van der Waals surface area contributed by atoms with E-state index in [1.807, 2.05) is 18.2 Å². The van der Waals surface area contributed by atoms with E-state index in [0.717, 1.165) is 24.3 Å². The summed E-state index contributed by atoms with van der Waals surface area (Å²) in [6.07, 6.45) is 0.105. The van der Waals surface area contributed by atoms with Crippen LogP contribution in [0, 0.1) is 0 Å². The smallest absolute Gasteiger partial charge is 0.334 e. The first kappa shape index (κ1) is 14.4. The maximum absolute atomic E-state index is 11.2. The maximum atomic E-state index is 11.2. The van der Waals surface area contributed by atoms with Crippen LogP contribution >= 0.6 is 0 Å². The Morgan fingerprint density at radius 2 is 2.14 bits per heavy atom. The first-order valence-corrected chi connectivity index (χ1v) is 7.33. The highest BCUT2D eigenvalue weighted by atomic mass is 16.5. The largest absolute Gasteiger partial charge is 0.487 e. The summed E-state index contributed by atoms with van der Waals surface area (Å²) in [5, 5.41) is 9.18. The Hall–Kier alpha value is -1.59. The van der Waals surface area contributed by atoms with Gasteiger partial charge in [-0.2, -0.15) is 0 Å². The van der Waals surface area contributed by atoms with Gasteiger partial charge in [0, 0.05) is 31.1 Å². The lowest BCUT2D eigenvalue weighted by Gasteiger charge is -2.44. The van der Waals surface area contributed by atoms with Crippen molar-refractivity contribution in [3.8, 4) is 5.75 Å². The van der Waals surface area contributed by atoms with Gasteiger partial charge in [-0.25, -0.2) is 4.79 Å². The number of aliphatic carboxylic acids is 1. The van der Waals surface area contributed by atoms with Crippen molar-refractivity contribution in [1.29, 1.82) is 0 Å². The molecule has 0 aliphatic carbocycles. The molecule has 21 heavy (non-hydrogen) atoms. The van der Waals surface area contributed by atoms with Crippen LogP contribution in [0.4, 0.5) is 0 Å². The Morgan fingerprint density at radius 1 is 1.38 bits per heavy atom. The zero-order valence-corrected chi connectivity index (χ0v) is 12.4. The van der Waals surface area contributed by atoms with Gasteiger partial charge >= 0.3 is 5.97 Å². The number of para-hydroxylation sites is 1. The minimum absolute atomic E-state index is 0.177. The van der Waals surface area contributed by atoms with Crippen LogP contribution in [-0.2, 0) is 9.53 Å². The molecule has 5 nitrogen and oxygen atoms in total. The summed E-state index contributed by atoms with van der Waals surface area (Å²) < 4.78 is 11.4. The molecule has 1 aromatic rings. The van der Waals surface area contributed by atoms with E-state index >= 15 is 0 Å². The third-order valence-electron chi connectivity index (χ3n) is 4.16. The lowest BCUT2D eigenvalue weighted by Crippen LogP contribution is -2.50. The van der Waals surface area contributed by atoms with Crippen molar-refractivity contribution >= 4 is 5.97 Å². The van der Waals surface area contributed by atoms with Crippen molar-refractivity contribution in [2.45, 2.75) is 38.0 Å². The molecule has 0 aromatic heterocycles. The minimum atomic E-state index is -0.890. The monoisotopic (exact) mass is 291 g/mol. The Morgan fingerprint density at radius 3 is 2.90 bits per heavy atom. The Bertz CT molecular complexity index is 543. The summed E-state index contributed by atoms with van der Waals surface area (Å²) in [7, 11) is 0. The first-order chi connectivity index (χ1) is 9.96. The lowest BCUT2D eigenvalue weighted by atomic mass is 9.88. The third-order valence-corrected chi connectivity index (χ3v) is 4.16. The molecule has 0 spiro atoms. The van der Waals surface area contributed by atoms with Gasteiger partial charge in [0.1, 0.15) is 11.4 Å². The van der Waals surface area contributed by atoms with Gasteiger partial charge in [-0.15, -0.1) is 0 Å². The molecule has 2 unspecified atom stereocenters. The zero-order valence-electron chi connectivity index (χ0n) is 12.4. The number of benzene rings is 1. The number of hydrogen-bond acceptors (Lipinski definition) is 4. The lowest BCUT2D eigenvalue weighted by molar-refractivity contribution is -0.158. The molecule has 3 rings (SSSR count). The average Bonchev–Trinajstić information content (AvgIpc) is 2.45. The highest BCUT2D eigenvalue weighted by Crippen LogP contribution is 2.42. The van der Waals surface area contributed by atoms with E-state index in [-0.39, 0.29) is 11.6 Å². The number of rotatable bonds is 2. The molecule has 2 aliphatic rings. The van der Waals surface area contributed by atoms with Gasteiger partial charge in [0.15, 0.2) is 6.10 Å². The van der Waals surface area contributed by atoms with Crippen LogP contribution < -0.4 is 4.74 Å². The number of nitrogens with zero attached hydrogens (tertiary/aromatic N) is 1. The molecule has 2 atom stereocenters. The molecule has 1 aromatic carbocycles. The average molecular weight is 291 g/mol. The highest BCUT2D eigenvalue weighted by Gasteiger charge is 2.39. The molecule has 0 saturated carbocycles. The Kier molecular flexibility index (Phi) is 3.63. The molecular weight excluding hydrogens is 270 g/mol. The number of morpholine rings is 1. The van der Waals surface area contributed by atoms with Crippen molar-refractivity contribution in [2.75, 3.05) is 19.7 Å². The van der Waals surface area contributed by atoms with E-state index in [0.29, 0.717) is 13.2 Å². The van der Waals surface area contributed by atoms with Crippen molar-refractivity contribution < 1.29 is 19.4 Å². The maximum Gasteiger partial charge on any atom is 0.334 e. The molecule has 1 fully saturated rings. The molecule has 0 radical (unpaired) electrons. The summed E-state index contributed by atoms with van der Waals surface area (Å²) >= 11 is 0. The van der Waals surface area contributed by atoms with E-state index in [1.54, 1.807) is 0 Å². The van der Waals surface area contributed by atoms with Crippen molar-refractivity contribution in [1.82, 2.24) is 4.90 Å². The van der Waals surface area contributed by atoms with E-state index in [9.17, 15) is 9.90 Å². The SMILES string of the molecule is CC1(C)CC(N2CCOC(C(=O)O)C2)c2ccccc2O1. The van der Waals surface area contributed by atoms with Gasteiger partial charge < -0.3 is 14.6 Å². The second-order valence-electron chi connectivity index (χ2n) is 6.31. The zero-order chi connectivity index (χ0) is 15.0. The Balaban J connectivity index is 1.88. The van der Waals surface area contributed by atoms with Crippen LogP contribution in [0.2, 0.25) is 0 Å². The van der Waals surface area contributed by atoms with E-state index in [4.69, 9.17) is 9.47 Å². The van der Waals surface area contributed by atoms with Crippen molar-refractivity contribution in [2.24, 2.45) is 0 Å². The van der Waals surface area contributed by atoms with Gasteiger partial charge in [-0.1, -0.05) is 18.2 Å². The number of ether oxygens (including phenoxy) is 2. The second-order valence-corrected chi connectivity index (χ2v) is 6.31. The standard InChI is InChI=1S/C16H21NO4/c1-16(2)9-12(11-5-3-4-6-13(11)21-16)17-7-8-20-14(10-17)15(18)19/h3-6,12,14H,7-10H2,1-2H3,(H,18,19). The molecule has 1 N–H and O–H groups in total. The second kappa shape index (κ2) is 5.31. The Labute approximate surface area is 124 Å². The summed E-state index contributed by atoms with van der Waals surface area (Å²) in [6, 6.07) is 8.20. The molecule has 0 amide bonds. The van der Waals surface area contributed by atoms with Crippen LogP contribution in [0.15, 0.2) is 24.3 Å². The number of fused-ring (bicyclic) bond motifs is 1. The summed E-state index contributed by atoms with van der Waals surface area (Å²) in [5.41, 5.74) is 0.888. The molecule has 1 saturated heterocycles. The molecule has 2 aliphatic heterocycles. The summed E-state index contributed by atoms with van der Waals surface area (Å²) in [5.74, 6) is 0.0106. The fraction of sp³-hybridized carbons (Fsp3) is 0.562. The molecule has 0 bridgehead atoms.